The number of rotatable bonds is 5. The SMILES string of the molecule is Cc1nc(NCc2ccccn2)cc(NC2CCCC2)n1. The van der Waals surface area contributed by atoms with Crippen LogP contribution in [0.4, 0.5) is 11.6 Å². The molecule has 0 atom stereocenters. The highest BCUT2D eigenvalue weighted by Gasteiger charge is 2.15. The van der Waals surface area contributed by atoms with Crippen LogP contribution in [0.15, 0.2) is 30.5 Å². The number of pyridine rings is 1. The second kappa shape index (κ2) is 6.52. The summed E-state index contributed by atoms with van der Waals surface area (Å²) in [5, 5.41) is 6.83. The molecule has 0 unspecified atom stereocenters. The van der Waals surface area contributed by atoms with Crippen LogP contribution in [0.3, 0.4) is 0 Å². The first-order valence-electron chi connectivity index (χ1n) is 7.55. The lowest BCUT2D eigenvalue weighted by Gasteiger charge is -2.14. The maximum Gasteiger partial charge on any atom is 0.132 e. The Morgan fingerprint density at radius 3 is 2.71 bits per heavy atom. The highest BCUT2D eigenvalue weighted by Crippen LogP contribution is 2.22. The van der Waals surface area contributed by atoms with Crippen molar-refractivity contribution < 1.29 is 0 Å². The van der Waals surface area contributed by atoms with Crippen LogP contribution < -0.4 is 10.6 Å². The Hall–Kier alpha value is -2.17. The summed E-state index contributed by atoms with van der Waals surface area (Å²) >= 11 is 0. The molecule has 0 amide bonds. The van der Waals surface area contributed by atoms with Crippen LogP contribution in [0.2, 0.25) is 0 Å². The second-order valence-electron chi connectivity index (χ2n) is 5.49. The molecule has 1 aliphatic carbocycles. The van der Waals surface area contributed by atoms with E-state index in [1.54, 1.807) is 6.20 Å². The van der Waals surface area contributed by atoms with Crippen molar-refractivity contribution in [3.05, 3.63) is 42.0 Å². The van der Waals surface area contributed by atoms with Gasteiger partial charge in [-0.15, -0.1) is 0 Å². The lowest BCUT2D eigenvalue weighted by molar-refractivity contribution is 0.748. The summed E-state index contributed by atoms with van der Waals surface area (Å²) in [6, 6.07) is 8.44. The second-order valence-corrected chi connectivity index (χ2v) is 5.49. The topological polar surface area (TPSA) is 62.7 Å². The molecule has 0 spiro atoms. The van der Waals surface area contributed by atoms with Gasteiger partial charge in [-0.25, -0.2) is 9.97 Å². The Morgan fingerprint density at radius 1 is 1.14 bits per heavy atom. The van der Waals surface area contributed by atoms with Gasteiger partial charge in [0.15, 0.2) is 0 Å². The first-order valence-corrected chi connectivity index (χ1v) is 7.55. The van der Waals surface area contributed by atoms with E-state index in [2.05, 4.69) is 25.6 Å². The van der Waals surface area contributed by atoms with E-state index < -0.39 is 0 Å². The molecule has 5 nitrogen and oxygen atoms in total. The van der Waals surface area contributed by atoms with Crippen molar-refractivity contribution in [2.24, 2.45) is 0 Å². The van der Waals surface area contributed by atoms with Gasteiger partial charge in [-0.2, -0.15) is 0 Å². The van der Waals surface area contributed by atoms with E-state index in [0.29, 0.717) is 12.6 Å². The molecule has 1 fully saturated rings. The third kappa shape index (κ3) is 3.90. The fraction of sp³-hybridized carbons (Fsp3) is 0.438. The van der Waals surface area contributed by atoms with Crippen molar-refractivity contribution in [3.63, 3.8) is 0 Å². The van der Waals surface area contributed by atoms with Crippen LogP contribution in [-0.2, 0) is 6.54 Å². The summed E-state index contributed by atoms with van der Waals surface area (Å²) in [5.41, 5.74) is 0.999. The zero-order chi connectivity index (χ0) is 14.5. The van der Waals surface area contributed by atoms with E-state index in [9.17, 15) is 0 Å². The molecule has 21 heavy (non-hydrogen) atoms. The molecule has 110 valence electrons. The average Bonchev–Trinajstić information content (AvgIpc) is 2.99. The van der Waals surface area contributed by atoms with Gasteiger partial charge >= 0.3 is 0 Å². The lowest BCUT2D eigenvalue weighted by Crippen LogP contribution is -2.16. The van der Waals surface area contributed by atoms with Crippen LogP contribution in [0.5, 0.6) is 0 Å². The lowest BCUT2D eigenvalue weighted by atomic mass is 10.2. The fourth-order valence-electron chi connectivity index (χ4n) is 2.70. The molecule has 2 N–H and O–H groups in total. The predicted molar refractivity (Wildman–Crippen MR) is 84.2 cm³/mol. The quantitative estimate of drug-likeness (QED) is 0.882. The summed E-state index contributed by atoms with van der Waals surface area (Å²) in [6.07, 6.45) is 6.90. The molecule has 0 aliphatic heterocycles. The van der Waals surface area contributed by atoms with Gasteiger partial charge in [0.25, 0.3) is 0 Å². The number of nitrogens with one attached hydrogen (secondary N) is 2. The summed E-state index contributed by atoms with van der Waals surface area (Å²) in [7, 11) is 0. The zero-order valence-electron chi connectivity index (χ0n) is 12.3. The summed E-state index contributed by atoms with van der Waals surface area (Å²) < 4.78 is 0. The van der Waals surface area contributed by atoms with Crippen LogP contribution in [-0.4, -0.2) is 21.0 Å². The Kier molecular flexibility index (Phi) is 4.28. The van der Waals surface area contributed by atoms with Gasteiger partial charge < -0.3 is 10.6 Å². The minimum absolute atomic E-state index is 0.558. The molecule has 2 heterocycles. The van der Waals surface area contributed by atoms with E-state index in [0.717, 1.165) is 23.2 Å². The third-order valence-corrected chi connectivity index (χ3v) is 3.72. The molecule has 0 aromatic carbocycles. The van der Waals surface area contributed by atoms with E-state index in [-0.39, 0.29) is 0 Å². The average molecular weight is 283 g/mol. The summed E-state index contributed by atoms with van der Waals surface area (Å²) in [5.74, 6) is 2.54. The standard InChI is InChI=1S/C16H21N5/c1-12-19-15(18-11-14-8-4-5-9-17-14)10-16(20-12)21-13-6-2-3-7-13/h4-5,8-10,13H,2-3,6-7,11H2,1H3,(H2,18,19,20,21). The molecule has 0 bridgehead atoms. The Morgan fingerprint density at radius 2 is 1.95 bits per heavy atom. The molecule has 0 saturated heterocycles. The van der Waals surface area contributed by atoms with Crippen LogP contribution in [0.1, 0.15) is 37.2 Å². The van der Waals surface area contributed by atoms with Gasteiger partial charge in [-0.05, 0) is 31.9 Å². The van der Waals surface area contributed by atoms with Crippen molar-refractivity contribution >= 4 is 11.6 Å². The van der Waals surface area contributed by atoms with Crippen LogP contribution in [0.25, 0.3) is 0 Å². The Bertz CT molecular complexity index is 578. The van der Waals surface area contributed by atoms with E-state index in [4.69, 9.17) is 0 Å². The van der Waals surface area contributed by atoms with Crippen LogP contribution in [0, 0.1) is 6.92 Å². The Labute approximate surface area is 125 Å². The summed E-state index contributed by atoms with van der Waals surface area (Å²) in [6.45, 7) is 2.59. The number of aromatic nitrogens is 3. The van der Waals surface area contributed by atoms with Gasteiger partial charge in [0.2, 0.25) is 0 Å². The summed E-state index contributed by atoms with van der Waals surface area (Å²) in [4.78, 5) is 13.2. The van der Waals surface area contributed by atoms with Gasteiger partial charge in [-0.3, -0.25) is 4.98 Å². The Balaban J connectivity index is 1.65. The van der Waals surface area contributed by atoms with E-state index in [1.807, 2.05) is 31.2 Å². The molecule has 0 radical (unpaired) electrons. The predicted octanol–water partition coefficient (Wildman–Crippen LogP) is 3.15. The minimum Gasteiger partial charge on any atom is -0.367 e. The number of nitrogens with zero attached hydrogens (tertiary/aromatic N) is 3. The van der Waals surface area contributed by atoms with E-state index >= 15 is 0 Å². The third-order valence-electron chi connectivity index (χ3n) is 3.72. The van der Waals surface area contributed by atoms with Crippen LogP contribution >= 0.6 is 0 Å². The van der Waals surface area contributed by atoms with Gasteiger partial charge in [0.05, 0.1) is 12.2 Å². The normalized spacial score (nSPS) is 15.1. The number of anilines is 2. The van der Waals surface area contributed by atoms with Crippen molar-refractivity contribution in [1.29, 1.82) is 0 Å². The molecule has 2 aromatic heterocycles. The minimum atomic E-state index is 0.558. The molecular weight excluding hydrogens is 262 g/mol. The first-order chi connectivity index (χ1) is 10.3. The molecule has 1 saturated carbocycles. The fourth-order valence-corrected chi connectivity index (χ4v) is 2.70. The maximum atomic E-state index is 4.47. The largest absolute Gasteiger partial charge is 0.367 e. The van der Waals surface area contributed by atoms with Crippen molar-refractivity contribution in [2.45, 2.75) is 45.2 Å². The van der Waals surface area contributed by atoms with Gasteiger partial charge in [0, 0.05) is 18.3 Å². The molecule has 3 rings (SSSR count). The molecule has 1 aliphatic rings. The number of aryl methyl sites for hydroxylation is 1. The molecular formula is C16H21N5. The van der Waals surface area contributed by atoms with Gasteiger partial charge in [0.1, 0.15) is 17.5 Å². The maximum absolute atomic E-state index is 4.47. The first kappa shape index (κ1) is 13.8. The monoisotopic (exact) mass is 283 g/mol. The highest BCUT2D eigenvalue weighted by atomic mass is 15.1. The molecule has 2 aromatic rings. The smallest absolute Gasteiger partial charge is 0.132 e. The number of hydrogen-bond donors (Lipinski definition) is 2. The zero-order valence-corrected chi connectivity index (χ0v) is 12.3. The number of hydrogen-bond acceptors (Lipinski definition) is 5. The van der Waals surface area contributed by atoms with Crippen molar-refractivity contribution in [1.82, 2.24) is 15.0 Å². The van der Waals surface area contributed by atoms with Crippen molar-refractivity contribution in [3.8, 4) is 0 Å². The molecule has 5 heteroatoms. The van der Waals surface area contributed by atoms with Gasteiger partial charge in [-0.1, -0.05) is 18.9 Å². The highest BCUT2D eigenvalue weighted by molar-refractivity contribution is 5.48. The van der Waals surface area contributed by atoms with Crippen molar-refractivity contribution in [2.75, 3.05) is 10.6 Å². The van der Waals surface area contributed by atoms with E-state index in [1.165, 1.54) is 25.7 Å².